The summed E-state index contributed by atoms with van der Waals surface area (Å²) in [6.07, 6.45) is 0.430. The molecule has 1 aromatic rings. The van der Waals surface area contributed by atoms with E-state index in [2.05, 4.69) is 10.6 Å². The minimum Gasteiger partial charge on any atom is -0.351 e. The predicted octanol–water partition coefficient (Wildman–Crippen LogP) is 3.95. The highest BCUT2D eigenvalue weighted by Crippen LogP contribution is 2.26. The van der Waals surface area contributed by atoms with Crippen LogP contribution in [0.2, 0.25) is 10.0 Å². The number of carbonyl (C=O) groups is 1. The molecule has 0 heterocycles. The van der Waals surface area contributed by atoms with Crippen LogP contribution in [0, 0.1) is 0 Å². The number of benzene rings is 1. The number of hydrogen-bond donors (Lipinski definition) is 2. The number of hydrogen-bond acceptors (Lipinski definition) is 2. The van der Waals surface area contributed by atoms with E-state index in [9.17, 15) is 4.79 Å². The zero-order valence-corrected chi connectivity index (χ0v) is 13.9. The van der Waals surface area contributed by atoms with E-state index < -0.39 is 0 Å². The molecule has 0 saturated carbocycles. The van der Waals surface area contributed by atoms with Crippen LogP contribution in [0.4, 0.5) is 0 Å². The van der Waals surface area contributed by atoms with Crippen molar-refractivity contribution >= 4 is 29.1 Å². The molecule has 3 nitrogen and oxygen atoms in total. The third-order valence-electron chi connectivity index (χ3n) is 2.74. The third kappa shape index (κ3) is 6.12. The monoisotopic (exact) mass is 316 g/mol. The SMILES string of the molecule is CC(NCCC(=O)NC(C)(C)C)c1cc(Cl)ccc1Cl. The highest BCUT2D eigenvalue weighted by Gasteiger charge is 2.14. The van der Waals surface area contributed by atoms with Crippen LogP contribution in [0.15, 0.2) is 18.2 Å². The van der Waals surface area contributed by atoms with Crippen LogP contribution in [-0.2, 0) is 4.79 Å². The lowest BCUT2D eigenvalue weighted by atomic mass is 10.1. The largest absolute Gasteiger partial charge is 0.351 e. The fourth-order valence-electron chi connectivity index (χ4n) is 1.84. The first-order valence-electron chi connectivity index (χ1n) is 6.68. The van der Waals surface area contributed by atoms with Crippen LogP contribution in [-0.4, -0.2) is 18.0 Å². The first-order chi connectivity index (χ1) is 9.19. The van der Waals surface area contributed by atoms with E-state index >= 15 is 0 Å². The smallest absolute Gasteiger partial charge is 0.221 e. The quantitative estimate of drug-likeness (QED) is 0.863. The van der Waals surface area contributed by atoms with Gasteiger partial charge in [0.15, 0.2) is 0 Å². The van der Waals surface area contributed by atoms with Gasteiger partial charge in [-0.1, -0.05) is 23.2 Å². The van der Waals surface area contributed by atoms with Gasteiger partial charge in [-0.3, -0.25) is 4.79 Å². The maximum atomic E-state index is 11.7. The van der Waals surface area contributed by atoms with Gasteiger partial charge in [0.2, 0.25) is 5.91 Å². The van der Waals surface area contributed by atoms with Crippen LogP contribution in [0.5, 0.6) is 0 Å². The predicted molar refractivity (Wildman–Crippen MR) is 85.4 cm³/mol. The average Bonchev–Trinajstić information content (AvgIpc) is 2.29. The second-order valence-electron chi connectivity index (χ2n) is 5.89. The molecule has 0 saturated heterocycles. The minimum atomic E-state index is -0.195. The zero-order chi connectivity index (χ0) is 15.3. The molecule has 2 N–H and O–H groups in total. The molecule has 1 amide bonds. The van der Waals surface area contributed by atoms with Gasteiger partial charge in [-0.15, -0.1) is 0 Å². The summed E-state index contributed by atoms with van der Waals surface area (Å²) in [5, 5.41) is 7.54. The van der Waals surface area contributed by atoms with Gasteiger partial charge in [0, 0.05) is 34.6 Å². The Labute approximate surface area is 131 Å². The summed E-state index contributed by atoms with van der Waals surface area (Å²) in [5.41, 5.74) is 0.745. The first kappa shape index (κ1) is 17.3. The molecule has 0 aliphatic rings. The molecule has 1 atom stereocenters. The Hall–Kier alpha value is -0.770. The van der Waals surface area contributed by atoms with E-state index in [1.54, 1.807) is 12.1 Å². The maximum absolute atomic E-state index is 11.7. The number of rotatable bonds is 5. The normalized spacial score (nSPS) is 13.1. The van der Waals surface area contributed by atoms with Gasteiger partial charge in [0.05, 0.1) is 0 Å². The van der Waals surface area contributed by atoms with Gasteiger partial charge >= 0.3 is 0 Å². The molecule has 0 aliphatic heterocycles. The Morgan fingerprint density at radius 3 is 2.55 bits per heavy atom. The summed E-state index contributed by atoms with van der Waals surface area (Å²) in [6, 6.07) is 5.43. The molecule has 0 bridgehead atoms. The van der Waals surface area contributed by atoms with Gasteiger partial charge in [-0.25, -0.2) is 0 Å². The van der Waals surface area contributed by atoms with E-state index in [4.69, 9.17) is 23.2 Å². The Bertz CT molecular complexity index is 469. The average molecular weight is 317 g/mol. The molecule has 112 valence electrons. The molecular weight excluding hydrogens is 295 g/mol. The Kier molecular flexibility index (Phi) is 6.31. The second-order valence-corrected chi connectivity index (χ2v) is 6.73. The zero-order valence-electron chi connectivity index (χ0n) is 12.4. The number of amides is 1. The molecule has 0 radical (unpaired) electrons. The van der Waals surface area contributed by atoms with Crippen LogP contribution >= 0.6 is 23.2 Å². The van der Waals surface area contributed by atoms with Crippen molar-refractivity contribution in [3.8, 4) is 0 Å². The molecule has 1 rings (SSSR count). The summed E-state index contributed by atoms with van der Waals surface area (Å²) in [6.45, 7) is 8.48. The molecule has 0 spiro atoms. The van der Waals surface area contributed by atoms with Crippen molar-refractivity contribution < 1.29 is 4.79 Å². The minimum absolute atomic E-state index is 0.0365. The van der Waals surface area contributed by atoms with Crippen LogP contribution in [0.3, 0.4) is 0 Å². The van der Waals surface area contributed by atoms with Gasteiger partial charge < -0.3 is 10.6 Å². The van der Waals surface area contributed by atoms with Crippen molar-refractivity contribution in [1.82, 2.24) is 10.6 Å². The highest BCUT2D eigenvalue weighted by molar-refractivity contribution is 6.33. The summed E-state index contributed by atoms with van der Waals surface area (Å²) >= 11 is 12.1. The Morgan fingerprint density at radius 1 is 1.30 bits per heavy atom. The van der Waals surface area contributed by atoms with Gasteiger partial charge in [-0.05, 0) is 51.5 Å². The summed E-state index contributed by atoms with van der Waals surface area (Å²) in [4.78, 5) is 11.7. The summed E-state index contributed by atoms with van der Waals surface area (Å²) < 4.78 is 0. The highest BCUT2D eigenvalue weighted by atomic mass is 35.5. The molecule has 1 unspecified atom stereocenters. The van der Waals surface area contributed by atoms with Crippen LogP contribution < -0.4 is 10.6 Å². The second kappa shape index (κ2) is 7.30. The third-order valence-corrected chi connectivity index (χ3v) is 3.32. The van der Waals surface area contributed by atoms with Gasteiger partial charge in [0.1, 0.15) is 0 Å². The van der Waals surface area contributed by atoms with Crippen LogP contribution in [0.25, 0.3) is 0 Å². The van der Waals surface area contributed by atoms with E-state index in [1.807, 2.05) is 33.8 Å². The molecule has 20 heavy (non-hydrogen) atoms. The lowest BCUT2D eigenvalue weighted by molar-refractivity contribution is -0.122. The van der Waals surface area contributed by atoms with E-state index in [0.29, 0.717) is 23.0 Å². The lowest BCUT2D eigenvalue weighted by Crippen LogP contribution is -2.41. The van der Waals surface area contributed by atoms with Crippen molar-refractivity contribution in [2.45, 2.75) is 45.7 Å². The van der Waals surface area contributed by atoms with Crippen LogP contribution in [0.1, 0.15) is 45.7 Å². The van der Waals surface area contributed by atoms with Crippen molar-refractivity contribution in [1.29, 1.82) is 0 Å². The van der Waals surface area contributed by atoms with Gasteiger partial charge in [0.25, 0.3) is 0 Å². The molecule has 0 aromatic heterocycles. The number of carbonyl (C=O) groups excluding carboxylic acids is 1. The van der Waals surface area contributed by atoms with Crippen molar-refractivity contribution in [3.05, 3.63) is 33.8 Å². The summed E-state index contributed by atoms with van der Waals surface area (Å²) in [5.74, 6) is 0.0365. The first-order valence-corrected chi connectivity index (χ1v) is 7.44. The number of halogens is 2. The fraction of sp³-hybridized carbons (Fsp3) is 0.533. The standard InChI is InChI=1S/C15H22Cl2N2O/c1-10(12-9-11(16)5-6-13(12)17)18-8-7-14(20)19-15(2,3)4/h5-6,9-10,18H,7-8H2,1-4H3,(H,19,20). The Morgan fingerprint density at radius 2 is 1.95 bits per heavy atom. The lowest BCUT2D eigenvalue weighted by Gasteiger charge is -2.21. The number of nitrogens with one attached hydrogen (secondary N) is 2. The Balaban J connectivity index is 2.46. The maximum Gasteiger partial charge on any atom is 0.221 e. The van der Waals surface area contributed by atoms with E-state index in [1.165, 1.54) is 0 Å². The van der Waals surface area contributed by atoms with Gasteiger partial charge in [-0.2, -0.15) is 0 Å². The molecular formula is C15H22Cl2N2O. The molecule has 0 fully saturated rings. The molecule has 5 heteroatoms. The fourth-order valence-corrected chi connectivity index (χ4v) is 2.30. The molecule has 0 aliphatic carbocycles. The van der Waals surface area contributed by atoms with Crippen molar-refractivity contribution in [2.24, 2.45) is 0 Å². The van der Waals surface area contributed by atoms with E-state index in [0.717, 1.165) is 5.56 Å². The van der Waals surface area contributed by atoms with Crippen molar-refractivity contribution in [2.75, 3.05) is 6.54 Å². The van der Waals surface area contributed by atoms with E-state index in [-0.39, 0.29) is 17.5 Å². The topological polar surface area (TPSA) is 41.1 Å². The summed E-state index contributed by atoms with van der Waals surface area (Å²) in [7, 11) is 0. The molecule has 1 aromatic carbocycles. The van der Waals surface area contributed by atoms with Crippen molar-refractivity contribution in [3.63, 3.8) is 0 Å².